The van der Waals surface area contributed by atoms with Crippen LogP contribution in [0.3, 0.4) is 0 Å². The molecule has 0 radical (unpaired) electrons. The Labute approximate surface area is 150 Å². The molecule has 0 unspecified atom stereocenters. The molecule has 0 amide bonds. The van der Waals surface area contributed by atoms with Crippen LogP contribution in [-0.4, -0.2) is 36.4 Å². The lowest BCUT2D eigenvalue weighted by Gasteiger charge is -2.32. The van der Waals surface area contributed by atoms with Crippen molar-refractivity contribution in [3.05, 3.63) is 33.4 Å². The van der Waals surface area contributed by atoms with Gasteiger partial charge in [0.15, 0.2) is 5.17 Å². The van der Waals surface area contributed by atoms with Gasteiger partial charge in [-0.25, -0.2) is 4.99 Å². The number of halogens is 1. The van der Waals surface area contributed by atoms with E-state index in [9.17, 15) is 0 Å². The predicted octanol–water partition coefficient (Wildman–Crippen LogP) is 5.05. The minimum Gasteiger partial charge on any atom is -0.378 e. The number of ether oxygens (including phenoxy) is 1. The van der Waals surface area contributed by atoms with Gasteiger partial charge in [0.2, 0.25) is 0 Å². The normalized spacial score (nSPS) is 20.5. The van der Waals surface area contributed by atoms with Gasteiger partial charge in [0.25, 0.3) is 0 Å². The second kappa shape index (κ2) is 7.84. The third-order valence-electron chi connectivity index (χ3n) is 3.84. The van der Waals surface area contributed by atoms with Gasteiger partial charge in [-0.15, -0.1) is 0 Å². The van der Waals surface area contributed by atoms with Crippen molar-refractivity contribution in [2.75, 3.05) is 26.3 Å². The zero-order valence-corrected chi connectivity index (χ0v) is 15.8. The number of para-hydroxylation sites is 1. The number of rotatable bonds is 3. The maximum atomic E-state index is 5.47. The summed E-state index contributed by atoms with van der Waals surface area (Å²) in [5.41, 5.74) is 2.38. The number of aliphatic imine (C=N–C) groups is 1. The molecule has 0 bridgehead atoms. The third kappa shape index (κ3) is 3.68. The van der Waals surface area contributed by atoms with Crippen molar-refractivity contribution in [1.29, 1.82) is 0 Å². The van der Waals surface area contributed by atoms with Gasteiger partial charge < -0.3 is 9.64 Å². The molecule has 0 aliphatic carbocycles. The molecule has 1 saturated heterocycles. The fraction of sp³-hybridized carbons (Fsp3) is 0.471. The number of thioether (sulfide) groups is 1. The Morgan fingerprint density at radius 2 is 2.09 bits per heavy atom. The highest BCUT2D eigenvalue weighted by Crippen LogP contribution is 2.45. The molecule has 118 valence electrons. The molecule has 1 fully saturated rings. The lowest BCUT2D eigenvalue weighted by Crippen LogP contribution is -2.39. The lowest BCUT2D eigenvalue weighted by atomic mass is 10.1. The summed E-state index contributed by atoms with van der Waals surface area (Å²) < 4.78 is 6.92. The molecule has 1 aromatic rings. The van der Waals surface area contributed by atoms with Crippen LogP contribution in [0.4, 0.5) is 5.69 Å². The quantitative estimate of drug-likeness (QED) is 0.631. The van der Waals surface area contributed by atoms with Gasteiger partial charge in [0, 0.05) is 27.1 Å². The van der Waals surface area contributed by atoms with Gasteiger partial charge in [-0.2, -0.15) is 0 Å². The number of fused-ring (bicyclic) bond motifs is 1. The van der Waals surface area contributed by atoms with Crippen molar-refractivity contribution >= 4 is 50.1 Å². The molecule has 2 aliphatic heterocycles. The zero-order chi connectivity index (χ0) is 15.4. The molecule has 2 heterocycles. The number of hydrogen-bond acceptors (Lipinski definition) is 4. The van der Waals surface area contributed by atoms with E-state index in [0.29, 0.717) is 0 Å². The van der Waals surface area contributed by atoms with Crippen LogP contribution in [0, 0.1) is 0 Å². The van der Waals surface area contributed by atoms with E-state index < -0.39 is 0 Å². The van der Waals surface area contributed by atoms with Gasteiger partial charge in [0.05, 0.1) is 18.9 Å². The first-order valence-electron chi connectivity index (χ1n) is 7.87. The maximum Gasteiger partial charge on any atom is 0.169 e. The summed E-state index contributed by atoms with van der Waals surface area (Å²) in [7, 11) is 0. The van der Waals surface area contributed by atoms with E-state index in [-0.39, 0.29) is 0 Å². The SMILES string of the molecule is CCCC/C(I)=C1\SC(N2CCOCC2)=Nc2ccccc21. The second-order valence-electron chi connectivity index (χ2n) is 5.45. The summed E-state index contributed by atoms with van der Waals surface area (Å²) >= 11 is 4.35. The molecule has 5 heteroatoms. The Morgan fingerprint density at radius 1 is 1.32 bits per heavy atom. The molecule has 2 aliphatic rings. The molecule has 0 aromatic heterocycles. The van der Waals surface area contributed by atoms with E-state index in [4.69, 9.17) is 9.73 Å². The summed E-state index contributed by atoms with van der Waals surface area (Å²) in [6.07, 6.45) is 3.63. The summed E-state index contributed by atoms with van der Waals surface area (Å²) in [5.74, 6) is 0. The number of unbranched alkanes of at least 4 members (excludes halogenated alkanes) is 1. The number of morpholine rings is 1. The molecule has 0 atom stereocenters. The first-order chi connectivity index (χ1) is 10.8. The number of hydrogen-bond donors (Lipinski definition) is 0. The fourth-order valence-corrected chi connectivity index (χ4v) is 4.71. The van der Waals surface area contributed by atoms with Crippen molar-refractivity contribution in [2.45, 2.75) is 26.2 Å². The van der Waals surface area contributed by atoms with Crippen molar-refractivity contribution in [3.63, 3.8) is 0 Å². The highest BCUT2D eigenvalue weighted by Gasteiger charge is 2.24. The Bertz CT molecular complexity index is 594. The van der Waals surface area contributed by atoms with E-state index >= 15 is 0 Å². The first-order valence-corrected chi connectivity index (χ1v) is 9.76. The molecule has 3 nitrogen and oxygen atoms in total. The summed E-state index contributed by atoms with van der Waals surface area (Å²) in [5, 5.41) is 1.13. The Kier molecular flexibility index (Phi) is 5.82. The van der Waals surface area contributed by atoms with Gasteiger partial charge in [-0.05, 0) is 41.5 Å². The number of allylic oxidation sites excluding steroid dienone is 1. The van der Waals surface area contributed by atoms with E-state index in [1.807, 2.05) is 11.8 Å². The molecule has 0 spiro atoms. The van der Waals surface area contributed by atoms with Crippen LogP contribution in [0.2, 0.25) is 0 Å². The van der Waals surface area contributed by atoms with Crippen LogP contribution in [-0.2, 0) is 4.74 Å². The number of benzene rings is 1. The topological polar surface area (TPSA) is 24.8 Å². The smallest absolute Gasteiger partial charge is 0.169 e. The number of nitrogens with zero attached hydrogens (tertiary/aromatic N) is 2. The van der Waals surface area contributed by atoms with Crippen LogP contribution in [0.15, 0.2) is 32.8 Å². The van der Waals surface area contributed by atoms with Crippen LogP contribution < -0.4 is 0 Å². The van der Waals surface area contributed by atoms with Gasteiger partial charge >= 0.3 is 0 Å². The minimum absolute atomic E-state index is 0.799. The van der Waals surface area contributed by atoms with Crippen molar-refractivity contribution in [1.82, 2.24) is 4.90 Å². The molecule has 0 N–H and O–H groups in total. The lowest BCUT2D eigenvalue weighted by molar-refractivity contribution is 0.0694. The van der Waals surface area contributed by atoms with Gasteiger partial charge in [-0.3, -0.25) is 0 Å². The van der Waals surface area contributed by atoms with Crippen LogP contribution in [0.25, 0.3) is 4.91 Å². The molecule has 22 heavy (non-hydrogen) atoms. The first kappa shape index (κ1) is 16.3. The standard InChI is InChI=1S/C17H21IN2OS/c1-2-3-7-14(18)16-13-6-4-5-8-15(13)19-17(22-16)20-9-11-21-12-10-20/h4-6,8H,2-3,7,9-12H2,1H3/b16-14+. The van der Waals surface area contributed by atoms with Crippen LogP contribution in [0.5, 0.6) is 0 Å². The third-order valence-corrected chi connectivity index (χ3v) is 6.48. The summed E-state index contributed by atoms with van der Waals surface area (Å²) in [6.45, 7) is 5.72. The largest absolute Gasteiger partial charge is 0.378 e. The second-order valence-corrected chi connectivity index (χ2v) is 7.73. The highest BCUT2D eigenvalue weighted by atomic mass is 127. The molecule has 0 saturated carbocycles. The fourth-order valence-electron chi connectivity index (χ4n) is 2.57. The van der Waals surface area contributed by atoms with E-state index in [0.717, 1.165) is 43.6 Å². The van der Waals surface area contributed by atoms with Crippen molar-refractivity contribution in [3.8, 4) is 0 Å². The Balaban J connectivity index is 1.94. The van der Waals surface area contributed by atoms with Gasteiger partial charge in [-0.1, -0.05) is 43.3 Å². The zero-order valence-electron chi connectivity index (χ0n) is 12.8. The summed E-state index contributed by atoms with van der Waals surface area (Å²) in [4.78, 5) is 8.64. The van der Waals surface area contributed by atoms with Crippen LogP contribution >= 0.6 is 34.4 Å². The van der Waals surface area contributed by atoms with Crippen molar-refractivity contribution < 1.29 is 4.74 Å². The Morgan fingerprint density at radius 3 is 2.86 bits per heavy atom. The molecule has 3 rings (SSSR count). The summed E-state index contributed by atoms with van der Waals surface area (Å²) in [6, 6.07) is 8.51. The number of amidine groups is 1. The average molecular weight is 428 g/mol. The molecule has 1 aromatic carbocycles. The Hall–Kier alpha value is -0.530. The van der Waals surface area contributed by atoms with E-state index in [1.54, 1.807) is 0 Å². The predicted molar refractivity (Wildman–Crippen MR) is 104 cm³/mol. The monoisotopic (exact) mass is 428 g/mol. The highest BCUT2D eigenvalue weighted by molar-refractivity contribution is 14.1. The molecular weight excluding hydrogens is 407 g/mol. The van der Waals surface area contributed by atoms with Gasteiger partial charge in [0.1, 0.15) is 0 Å². The maximum absolute atomic E-state index is 5.47. The van der Waals surface area contributed by atoms with E-state index in [2.05, 4.69) is 58.7 Å². The average Bonchev–Trinajstić information content (AvgIpc) is 2.59. The minimum atomic E-state index is 0.799. The van der Waals surface area contributed by atoms with Crippen molar-refractivity contribution in [2.24, 2.45) is 4.99 Å². The van der Waals surface area contributed by atoms with E-state index in [1.165, 1.54) is 26.9 Å². The molecular formula is C17H21IN2OS. The van der Waals surface area contributed by atoms with Crippen LogP contribution in [0.1, 0.15) is 31.7 Å².